The summed E-state index contributed by atoms with van der Waals surface area (Å²) in [4.78, 5) is 35.2. The zero-order valence-electron chi connectivity index (χ0n) is 15.9. The molecule has 28 heavy (non-hydrogen) atoms. The number of carbonyl (C=O) groups is 1. The van der Waals surface area contributed by atoms with Crippen LogP contribution in [0.1, 0.15) is 50.4 Å². The number of hydrogen-bond donors (Lipinski definition) is 1. The lowest BCUT2D eigenvalue weighted by Gasteiger charge is -2.28. The largest absolute Gasteiger partial charge is 0.300 e. The molecule has 0 unspecified atom stereocenters. The highest BCUT2D eigenvalue weighted by molar-refractivity contribution is 7.13. The average Bonchev–Trinajstić information content (AvgIpc) is 3.21. The van der Waals surface area contributed by atoms with Crippen LogP contribution in [-0.4, -0.2) is 20.4 Å². The molecule has 1 fully saturated rings. The number of aryl methyl sites for hydroxylation is 1. The van der Waals surface area contributed by atoms with Crippen molar-refractivity contribution in [1.82, 2.24) is 14.5 Å². The van der Waals surface area contributed by atoms with Crippen LogP contribution >= 0.6 is 11.3 Å². The Labute approximate surface area is 167 Å². The van der Waals surface area contributed by atoms with E-state index in [-0.39, 0.29) is 11.5 Å². The number of thiazole rings is 1. The molecule has 1 aliphatic rings. The number of hydrogen-bond acceptors (Lipinski definition) is 5. The molecule has 1 aromatic carbocycles. The molecule has 3 aromatic rings. The van der Waals surface area contributed by atoms with Gasteiger partial charge in [-0.1, -0.05) is 44.2 Å². The van der Waals surface area contributed by atoms with Gasteiger partial charge in [-0.05, 0) is 31.4 Å². The van der Waals surface area contributed by atoms with E-state index in [1.165, 1.54) is 30.6 Å². The predicted molar refractivity (Wildman–Crippen MR) is 112 cm³/mol. The smallest absolute Gasteiger partial charge is 0.262 e. The number of amides is 1. The number of anilines is 1. The molecule has 2 aromatic heterocycles. The van der Waals surface area contributed by atoms with Crippen LogP contribution in [0.2, 0.25) is 0 Å². The van der Waals surface area contributed by atoms with E-state index in [4.69, 9.17) is 0 Å². The van der Waals surface area contributed by atoms with Crippen LogP contribution in [0, 0.1) is 12.8 Å². The number of carbonyl (C=O) groups excluding carboxylic acids is 1. The number of nitrogens with one attached hydrogen (secondary N) is 1. The van der Waals surface area contributed by atoms with Crippen molar-refractivity contribution in [2.45, 2.75) is 51.5 Å². The molecule has 0 radical (unpaired) electrons. The minimum atomic E-state index is -0.586. The molecule has 1 amide bonds. The van der Waals surface area contributed by atoms with Crippen molar-refractivity contribution in [3.8, 4) is 0 Å². The summed E-state index contributed by atoms with van der Waals surface area (Å²) in [6.07, 6.45) is 8.16. The molecule has 7 heteroatoms. The predicted octanol–water partition coefficient (Wildman–Crippen LogP) is 4.31. The molecule has 2 heterocycles. The van der Waals surface area contributed by atoms with Crippen LogP contribution in [0.15, 0.2) is 40.6 Å². The first-order valence-electron chi connectivity index (χ1n) is 9.81. The lowest BCUT2D eigenvalue weighted by molar-refractivity contribution is -0.120. The van der Waals surface area contributed by atoms with Crippen LogP contribution < -0.4 is 10.9 Å². The maximum absolute atomic E-state index is 13.3. The second-order valence-electron chi connectivity index (χ2n) is 7.43. The maximum Gasteiger partial charge on any atom is 0.262 e. The van der Waals surface area contributed by atoms with Crippen LogP contribution in [-0.2, 0) is 4.79 Å². The van der Waals surface area contributed by atoms with Crippen LogP contribution in [0.25, 0.3) is 10.9 Å². The van der Waals surface area contributed by atoms with Gasteiger partial charge in [-0.15, -0.1) is 11.3 Å². The van der Waals surface area contributed by atoms with Crippen molar-refractivity contribution in [1.29, 1.82) is 0 Å². The quantitative estimate of drug-likeness (QED) is 0.697. The summed E-state index contributed by atoms with van der Waals surface area (Å²) in [5.41, 5.74) is 0.510. The zero-order valence-corrected chi connectivity index (χ0v) is 16.7. The first-order chi connectivity index (χ1) is 13.6. The lowest BCUT2D eigenvalue weighted by Crippen LogP contribution is -2.37. The molecule has 146 valence electrons. The number of fused-ring (bicyclic) bond motifs is 1. The fraction of sp³-hybridized carbons (Fsp3) is 0.429. The second kappa shape index (κ2) is 8.22. The van der Waals surface area contributed by atoms with Gasteiger partial charge >= 0.3 is 0 Å². The van der Waals surface area contributed by atoms with Crippen LogP contribution in [0.3, 0.4) is 0 Å². The van der Waals surface area contributed by atoms with E-state index < -0.39 is 6.04 Å². The topological polar surface area (TPSA) is 76.9 Å². The zero-order chi connectivity index (χ0) is 19.5. The Morgan fingerprint density at radius 3 is 2.82 bits per heavy atom. The number of benzene rings is 1. The molecule has 0 saturated heterocycles. The third-order valence-corrected chi connectivity index (χ3v) is 6.23. The Bertz CT molecular complexity index is 1020. The summed E-state index contributed by atoms with van der Waals surface area (Å²) in [7, 11) is 0. The fourth-order valence-electron chi connectivity index (χ4n) is 4.17. The van der Waals surface area contributed by atoms with Gasteiger partial charge in [-0.25, -0.2) is 9.97 Å². The lowest BCUT2D eigenvalue weighted by atomic mass is 9.84. The summed E-state index contributed by atoms with van der Waals surface area (Å²) in [5.74, 6) is 0.820. The number of rotatable bonds is 5. The second-order valence-corrected chi connectivity index (χ2v) is 8.33. The van der Waals surface area contributed by atoms with E-state index in [0.717, 1.165) is 12.8 Å². The number of para-hydroxylation sites is 1. The maximum atomic E-state index is 13.3. The Kier molecular flexibility index (Phi) is 5.52. The van der Waals surface area contributed by atoms with Crippen molar-refractivity contribution in [2.24, 2.45) is 5.92 Å². The third kappa shape index (κ3) is 3.85. The van der Waals surface area contributed by atoms with Gasteiger partial charge in [-0.3, -0.25) is 14.2 Å². The molecule has 6 nitrogen and oxygen atoms in total. The number of nitrogens with zero attached hydrogens (tertiary/aromatic N) is 3. The molecule has 1 aliphatic carbocycles. The fourth-order valence-corrected chi connectivity index (χ4v) is 4.70. The van der Waals surface area contributed by atoms with E-state index in [2.05, 4.69) is 15.3 Å². The van der Waals surface area contributed by atoms with Crippen molar-refractivity contribution < 1.29 is 4.79 Å². The molecule has 1 saturated carbocycles. The summed E-state index contributed by atoms with van der Waals surface area (Å²) >= 11 is 1.37. The van der Waals surface area contributed by atoms with E-state index in [1.807, 2.05) is 23.6 Å². The summed E-state index contributed by atoms with van der Waals surface area (Å²) in [6.45, 7) is 1.80. The van der Waals surface area contributed by atoms with Gasteiger partial charge < -0.3 is 5.32 Å². The summed E-state index contributed by atoms with van der Waals surface area (Å²) in [5, 5.41) is 5.81. The highest BCUT2D eigenvalue weighted by Gasteiger charge is 2.29. The molecule has 1 N–H and O–H groups in total. The molecule has 0 aliphatic heterocycles. The van der Waals surface area contributed by atoms with Crippen LogP contribution in [0.4, 0.5) is 5.13 Å². The van der Waals surface area contributed by atoms with Gasteiger partial charge in [0.1, 0.15) is 11.9 Å². The molecule has 4 rings (SSSR count). The van der Waals surface area contributed by atoms with Crippen molar-refractivity contribution in [3.63, 3.8) is 0 Å². The van der Waals surface area contributed by atoms with Crippen molar-refractivity contribution >= 4 is 33.3 Å². The Hall–Kier alpha value is -2.54. The summed E-state index contributed by atoms with van der Waals surface area (Å²) < 4.78 is 1.58. The van der Waals surface area contributed by atoms with Gasteiger partial charge in [0, 0.05) is 11.6 Å². The van der Waals surface area contributed by atoms with E-state index in [1.54, 1.807) is 23.8 Å². The minimum Gasteiger partial charge on any atom is -0.300 e. The normalized spacial score (nSPS) is 16.2. The first-order valence-corrected chi connectivity index (χ1v) is 10.7. The molecular weight excluding hydrogens is 372 g/mol. The SMILES string of the molecule is Cc1nc2ccccc2c(=O)n1[C@H](CC1CCCCC1)C(=O)Nc1nccs1. The molecular formula is C21H24N4O2S. The van der Waals surface area contributed by atoms with Crippen molar-refractivity contribution in [2.75, 3.05) is 5.32 Å². The minimum absolute atomic E-state index is 0.154. The molecule has 0 spiro atoms. The number of aromatic nitrogens is 3. The van der Waals surface area contributed by atoms with Gasteiger partial charge in [0.15, 0.2) is 5.13 Å². The highest BCUT2D eigenvalue weighted by atomic mass is 32.1. The Balaban J connectivity index is 1.74. The Morgan fingerprint density at radius 2 is 2.07 bits per heavy atom. The molecule has 0 bridgehead atoms. The summed E-state index contributed by atoms with van der Waals surface area (Å²) in [6, 6.07) is 6.72. The van der Waals surface area contributed by atoms with Gasteiger partial charge in [0.2, 0.25) is 5.91 Å². The van der Waals surface area contributed by atoms with Crippen LogP contribution in [0.5, 0.6) is 0 Å². The first kappa shape index (κ1) is 18.8. The average molecular weight is 397 g/mol. The van der Waals surface area contributed by atoms with E-state index >= 15 is 0 Å². The van der Waals surface area contributed by atoms with Gasteiger partial charge in [0.25, 0.3) is 5.56 Å². The Morgan fingerprint density at radius 1 is 1.29 bits per heavy atom. The van der Waals surface area contributed by atoms with E-state index in [9.17, 15) is 9.59 Å². The van der Waals surface area contributed by atoms with Gasteiger partial charge in [0.05, 0.1) is 10.9 Å². The monoisotopic (exact) mass is 396 g/mol. The van der Waals surface area contributed by atoms with Gasteiger partial charge in [-0.2, -0.15) is 0 Å². The third-order valence-electron chi connectivity index (χ3n) is 5.54. The van der Waals surface area contributed by atoms with Crippen molar-refractivity contribution in [3.05, 3.63) is 52.0 Å². The highest BCUT2D eigenvalue weighted by Crippen LogP contribution is 2.31. The molecule has 1 atom stereocenters. The van der Waals surface area contributed by atoms with E-state index in [0.29, 0.717) is 34.2 Å². The standard InChI is InChI=1S/C21H24N4O2S/c1-14-23-17-10-6-5-9-16(17)20(27)25(14)18(13-15-7-3-2-4-8-15)19(26)24-21-22-11-12-28-21/h5-6,9-12,15,18H,2-4,7-8,13H2,1H3,(H,22,24,26)/t18-/m1/s1.